The Kier molecular flexibility index (Phi) is 3.48. The number of rotatable bonds is 3. The average molecular weight is 289 g/mol. The van der Waals surface area contributed by atoms with Crippen molar-refractivity contribution in [1.82, 2.24) is 15.5 Å². The molecule has 0 bridgehead atoms. The summed E-state index contributed by atoms with van der Waals surface area (Å²) in [6.45, 7) is 0. The average Bonchev–Trinajstić information content (AvgIpc) is 2.81. The topological polar surface area (TPSA) is 113 Å². The molecule has 2 aliphatic heterocycles. The molecule has 2 aliphatic rings. The van der Waals surface area contributed by atoms with Crippen LogP contribution < -0.4 is 10.6 Å². The zero-order valence-corrected chi connectivity index (χ0v) is 11.2. The van der Waals surface area contributed by atoms with E-state index in [9.17, 15) is 22.8 Å². The van der Waals surface area contributed by atoms with E-state index in [4.69, 9.17) is 0 Å². The molecular weight excluding hydrogens is 274 g/mol. The van der Waals surface area contributed by atoms with Crippen molar-refractivity contribution in [1.29, 1.82) is 0 Å². The first kappa shape index (κ1) is 13.8. The largest absolute Gasteiger partial charge is 0.342 e. The third-order valence-corrected chi connectivity index (χ3v) is 5.14. The van der Waals surface area contributed by atoms with Crippen LogP contribution in [0.2, 0.25) is 0 Å². The Morgan fingerprint density at radius 3 is 2.58 bits per heavy atom. The summed E-state index contributed by atoms with van der Waals surface area (Å²) >= 11 is 0. The lowest BCUT2D eigenvalue weighted by molar-refractivity contribution is -0.134. The lowest BCUT2D eigenvalue weighted by atomic mass is 10.1. The van der Waals surface area contributed by atoms with Crippen molar-refractivity contribution in [3.63, 3.8) is 0 Å². The van der Waals surface area contributed by atoms with Gasteiger partial charge in [-0.15, -0.1) is 0 Å². The molecular formula is C10H15N3O5S. The lowest BCUT2D eigenvalue weighted by Gasteiger charge is -2.24. The highest BCUT2D eigenvalue weighted by atomic mass is 32.2. The Bertz CT molecular complexity index is 529. The van der Waals surface area contributed by atoms with Crippen LogP contribution in [0.5, 0.6) is 0 Å². The summed E-state index contributed by atoms with van der Waals surface area (Å²) in [4.78, 5) is 35.5. The maximum absolute atomic E-state index is 11.9. The minimum atomic E-state index is -3.06. The molecule has 4 amide bonds. The highest BCUT2D eigenvalue weighted by Crippen LogP contribution is 2.17. The van der Waals surface area contributed by atoms with Crippen LogP contribution in [0.1, 0.15) is 12.8 Å². The van der Waals surface area contributed by atoms with E-state index in [2.05, 4.69) is 5.32 Å². The molecule has 0 spiro atoms. The molecule has 8 nitrogen and oxygen atoms in total. The van der Waals surface area contributed by atoms with Crippen molar-refractivity contribution in [2.75, 3.05) is 18.6 Å². The van der Waals surface area contributed by atoms with E-state index < -0.39 is 27.8 Å². The minimum Gasteiger partial charge on any atom is -0.342 e. The van der Waals surface area contributed by atoms with E-state index in [0.717, 1.165) is 0 Å². The van der Waals surface area contributed by atoms with E-state index in [1.54, 1.807) is 0 Å². The van der Waals surface area contributed by atoms with Crippen LogP contribution in [-0.2, 0) is 19.4 Å². The van der Waals surface area contributed by atoms with Crippen molar-refractivity contribution in [2.45, 2.75) is 24.9 Å². The van der Waals surface area contributed by atoms with Crippen LogP contribution in [0.3, 0.4) is 0 Å². The van der Waals surface area contributed by atoms with Crippen molar-refractivity contribution in [2.24, 2.45) is 0 Å². The number of urea groups is 1. The Labute approximate surface area is 110 Å². The summed E-state index contributed by atoms with van der Waals surface area (Å²) in [6.07, 6.45) is 0.248. The third-order valence-electron chi connectivity index (χ3n) is 3.39. The van der Waals surface area contributed by atoms with Gasteiger partial charge in [-0.1, -0.05) is 0 Å². The zero-order valence-electron chi connectivity index (χ0n) is 10.4. The minimum absolute atomic E-state index is 0.0432. The van der Waals surface area contributed by atoms with Gasteiger partial charge in [-0.05, 0) is 6.42 Å². The summed E-state index contributed by atoms with van der Waals surface area (Å²) in [5.74, 6) is -0.857. The molecule has 9 heteroatoms. The molecule has 0 aromatic rings. The summed E-state index contributed by atoms with van der Waals surface area (Å²) in [5, 5.41) is 4.37. The van der Waals surface area contributed by atoms with Crippen molar-refractivity contribution < 1.29 is 22.8 Å². The van der Waals surface area contributed by atoms with E-state index in [1.165, 1.54) is 11.9 Å². The second-order valence-corrected chi connectivity index (χ2v) is 7.01. The normalized spacial score (nSPS) is 28.9. The second kappa shape index (κ2) is 4.80. The molecule has 0 aromatic carbocycles. The van der Waals surface area contributed by atoms with Gasteiger partial charge < -0.3 is 10.2 Å². The molecule has 0 saturated carbocycles. The van der Waals surface area contributed by atoms with Crippen LogP contribution in [0.25, 0.3) is 0 Å². The van der Waals surface area contributed by atoms with Gasteiger partial charge in [0.15, 0.2) is 9.84 Å². The predicted octanol–water partition coefficient (Wildman–Crippen LogP) is -1.77. The number of nitrogens with one attached hydrogen (secondary N) is 2. The highest BCUT2D eigenvalue weighted by Gasteiger charge is 2.36. The summed E-state index contributed by atoms with van der Waals surface area (Å²) in [5.41, 5.74) is 0. The molecule has 0 aromatic heterocycles. The number of amides is 4. The predicted molar refractivity (Wildman–Crippen MR) is 64.9 cm³/mol. The van der Waals surface area contributed by atoms with Crippen molar-refractivity contribution >= 4 is 27.7 Å². The molecule has 0 aliphatic carbocycles. The van der Waals surface area contributed by atoms with E-state index in [1.807, 2.05) is 5.32 Å². The first-order valence-corrected chi connectivity index (χ1v) is 7.68. The van der Waals surface area contributed by atoms with E-state index in [0.29, 0.717) is 6.42 Å². The number of imide groups is 1. The molecule has 0 unspecified atom stereocenters. The first-order chi connectivity index (χ1) is 8.78. The number of hydrogen-bond donors (Lipinski definition) is 2. The molecule has 2 rings (SSSR count). The van der Waals surface area contributed by atoms with Gasteiger partial charge >= 0.3 is 6.03 Å². The van der Waals surface area contributed by atoms with Crippen LogP contribution in [0.4, 0.5) is 4.79 Å². The fourth-order valence-electron chi connectivity index (χ4n) is 2.21. The monoisotopic (exact) mass is 289 g/mol. The maximum Gasteiger partial charge on any atom is 0.322 e. The van der Waals surface area contributed by atoms with Crippen LogP contribution in [0, 0.1) is 0 Å². The summed E-state index contributed by atoms with van der Waals surface area (Å²) in [7, 11) is -1.55. The molecule has 106 valence electrons. The maximum atomic E-state index is 11.9. The van der Waals surface area contributed by atoms with Gasteiger partial charge in [0.25, 0.3) is 5.91 Å². The molecule has 2 N–H and O–H groups in total. The molecule has 2 fully saturated rings. The number of carbonyl (C=O) groups is 3. The molecule has 19 heavy (non-hydrogen) atoms. The van der Waals surface area contributed by atoms with Gasteiger partial charge in [-0.3, -0.25) is 14.9 Å². The van der Waals surface area contributed by atoms with E-state index >= 15 is 0 Å². The second-order valence-electron chi connectivity index (χ2n) is 4.78. The van der Waals surface area contributed by atoms with Crippen molar-refractivity contribution in [3.8, 4) is 0 Å². The van der Waals surface area contributed by atoms with Gasteiger partial charge in [-0.2, -0.15) is 0 Å². The lowest BCUT2D eigenvalue weighted by Crippen LogP contribution is -2.42. The third kappa shape index (κ3) is 3.03. The van der Waals surface area contributed by atoms with Gasteiger partial charge in [0.2, 0.25) is 5.91 Å². The summed E-state index contributed by atoms with van der Waals surface area (Å²) in [6, 6.07) is -1.84. The Balaban J connectivity index is 1.93. The highest BCUT2D eigenvalue weighted by molar-refractivity contribution is 7.91. The van der Waals surface area contributed by atoms with Gasteiger partial charge in [-0.25, -0.2) is 13.2 Å². The SMILES string of the molecule is CN(C(=O)C[C@H]1NC(=O)NC1=O)[C@H]1CCS(=O)(=O)C1. The van der Waals surface area contributed by atoms with Gasteiger partial charge in [0.1, 0.15) is 6.04 Å². The number of hydrogen-bond acceptors (Lipinski definition) is 5. The van der Waals surface area contributed by atoms with Crippen molar-refractivity contribution in [3.05, 3.63) is 0 Å². The molecule has 2 saturated heterocycles. The van der Waals surface area contributed by atoms with Crippen LogP contribution >= 0.6 is 0 Å². The zero-order chi connectivity index (χ0) is 14.2. The number of carbonyl (C=O) groups excluding carboxylic acids is 3. The van der Waals surface area contributed by atoms with Gasteiger partial charge in [0.05, 0.1) is 17.9 Å². The molecule has 2 heterocycles. The fourth-order valence-corrected chi connectivity index (χ4v) is 3.98. The fraction of sp³-hybridized carbons (Fsp3) is 0.700. The quantitative estimate of drug-likeness (QED) is 0.597. The Morgan fingerprint density at radius 1 is 1.42 bits per heavy atom. The van der Waals surface area contributed by atoms with E-state index in [-0.39, 0.29) is 29.9 Å². The Morgan fingerprint density at radius 2 is 2.11 bits per heavy atom. The standard InChI is InChI=1S/C10H15N3O5S/c1-13(6-2-3-19(17,18)5-6)8(14)4-7-9(15)12-10(16)11-7/h6-7H,2-5H2,1H3,(H2,11,12,15,16)/t6-,7+/m0/s1. The van der Waals surface area contributed by atoms with Crippen LogP contribution in [-0.4, -0.2) is 61.8 Å². The summed E-state index contributed by atoms with van der Waals surface area (Å²) < 4.78 is 22.7. The molecule has 2 atom stereocenters. The molecule has 0 radical (unpaired) electrons. The first-order valence-electron chi connectivity index (χ1n) is 5.86. The van der Waals surface area contributed by atoms with Gasteiger partial charge in [0, 0.05) is 13.1 Å². The Hall–Kier alpha value is -1.64. The number of nitrogens with zero attached hydrogens (tertiary/aromatic N) is 1. The van der Waals surface area contributed by atoms with Crippen LogP contribution in [0.15, 0.2) is 0 Å². The number of sulfone groups is 1. The smallest absolute Gasteiger partial charge is 0.322 e.